The van der Waals surface area contributed by atoms with E-state index in [9.17, 15) is 14.7 Å². The highest BCUT2D eigenvalue weighted by atomic mass is 16.6. The van der Waals surface area contributed by atoms with Gasteiger partial charge in [0, 0.05) is 12.8 Å². The molecule has 0 radical (unpaired) electrons. The van der Waals surface area contributed by atoms with E-state index in [0.717, 1.165) is 116 Å². The number of hydrogen-bond donors (Lipinski definition) is 1. The van der Waals surface area contributed by atoms with Crippen molar-refractivity contribution in [2.45, 2.75) is 367 Å². The van der Waals surface area contributed by atoms with Gasteiger partial charge >= 0.3 is 11.9 Å². The Kier molecular flexibility index (Phi) is 75.3. The Morgan fingerprint density at radius 3 is 0.667 bits per heavy atom. The van der Waals surface area contributed by atoms with Gasteiger partial charge in [0.25, 0.3) is 0 Å². The van der Waals surface area contributed by atoms with Crippen LogP contribution in [0.3, 0.4) is 0 Å². The van der Waals surface area contributed by atoms with Gasteiger partial charge in [-0.15, -0.1) is 0 Å². The fraction of sp³-hybridized carbons (Fsp3) is 0.694. The molecule has 0 rings (SSSR count). The lowest BCUT2D eigenvalue weighted by Crippen LogP contribution is -2.28. The number of carbonyl (C=O) groups excluding carboxylic acids is 2. The Morgan fingerprint density at radius 2 is 0.444 bits per heavy atom. The number of unbranched alkanes of at least 4 members (excludes halogenated alkanes) is 38. The molecule has 90 heavy (non-hydrogen) atoms. The topological polar surface area (TPSA) is 72.8 Å². The molecule has 0 aromatic rings. The van der Waals surface area contributed by atoms with Crippen LogP contribution in [0.1, 0.15) is 361 Å². The molecule has 0 spiro atoms. The zero-order valence-electron chi connectivity index (χ0n) is 59.1. The predicted octanol–water partition coefficient (Wildman–Crippen LogP) is 27.2. The molecule has 0 saturated heterocycles. The highest BCUT2D eigenvalue weighted by Gasteiger charge is 2.16. The van der Waals surface area contributed by atoms with E-state index in [2.05, 4.69) is 160 Å². The number of ether oxygens (including phenoxy) is 2. The second kappa shape index (κ2) is 79.0. The highest BCUT2D eigenvalue weighted by molar-refractivity contribution is 5.70. The average molecular weight is 1250 g/mol. The average Bonchev–Trinajstić information content (AvgIpc) is 3.62. The van der Waals surface area contributed by atoms with Gasteiger partial charge in [-0.2, -0.15) is 0 Å². The molecule has 5 nitrogen and oxygen atoms in total. The van der Waals surface area contributed by atoms with Gasteiger partial charge in [-0.05, 0) is 116 Å². The molecule has 0 heterocycles. The molecular weight excluding hydrogens is 1100 g/mol. The monoisotopic (exact) mass is 1250 g/mol. The molecule has 5 heteroatoms. The summed E-state index contributed by atoms with van der Waals surface area (Å²) < 4.78 is 10.8. The van der Waals surface area contributed by atoms with E-state index in [0.29, 0.717) is 12.8 Å². The third-order valence-corrected chi connectivity index (χ3v) is 16.6. The first-order valence-corrected chi connectivity index (χ1v) is 38.4. The minimum absolute atomic E-state index is 0.0686. The van der Waals surface area contributed by atoms with Crippen molar-refractivity contribution in [2.75, 3.05) is 13.2 Å². The minimum atomic E-state index is -0.781. The summed E-state index contributed by atoms with van der Waals surface area (Å²) in [6.07, 6.45) is 119. The van der Waals surface area contributed by atoms with E-state index in [4.69, 9.17) is 9.47 Å². The lowest BCUT2D eigenvalue weighted by atomic mass is 10.0. The van der Waals surface area contributed by atoms with Gasteiger partial charge in [0.2, 0.25) is 0 Å². The largest absolute Gasteiger partial charge is 0.462 e. The van der Waals surface area contributed by atoms with Crippen LogP contribution < -0.4 is 0 Å². The van der Waals surface area contributed by atoms with Crippen LogP contribution in [0.15, 0.2) is 146 Å². The molecule has 0 bridgehead atoms. The molecule has 1 atom stereocenters. The summed E-state index contributed by atoms with van der Waals surface area (Å²) in [5.41, 5.74) is 0. The van der Waals surface area contributed by atoms with Crippen LogP contribution in [-0.4, -0.2) is 36.4 Å². The van der Waals surface area contributed by atoms with Crippen LogP contribution in [0.5, 0.6) is 0 Å². The van der Waals surface area contributed by atoms with E-state index in [1.165, 1.54) is 218 Å². The first-order chi connectivity index (χ1) is 44.6. The van der Waals surface area contributed by atoms with Gasteiger partial charge in [-0.1, -0.05) is 378 Å². The van der Waals surface area contributed by atoms with Crippen LogP contribution in [0.2, 0.25) is 0 Å². The van der Waals surface area contributed by atoms with E-state index in [-0.39, 0.29) is 25.2 Å². The van der Waals surface area contributed by atoms with Gasteiger partial charge in [-0.3, -0.25) is 9.59 Å². The van der Waals surface area contributed by atoms with Gasteiger partial charge in [-0.25, -0.2) is 0 Å². The summed E-state index contributed by atoms with van der Waals surface area (Å²) in [7, 11) is 0. The lowest BCUT2D eigenvalue weighted by Gasteiger charge is -2.15. The molecule has 0 fully saturated rings. The Bertz CT molecular complexity index is 1850. The standard InChI is InChI=1S/C85H144O5/c1-3-5-7-9-11-13-15-17-19-21-23-25-27-29-31-33-35-37-39-41-42-44-45-47-49-51-53-55-57-59-61-63-65-67-69-71-73-75-77-79-84(87)89-82-83(81-86)90-85(88)80-78-76-74-72-70-68-66-64-62-60-58-56-54-52-50-48-46-43-40-38-36-34-32-30-28-26-24-22-20-18-16-14-12-10-8-6-4-2/h5-8,11-14,17-20,23-26,30,32,36,38,43,46,50,52,83,86H,3-4,9-10,15-16,21-22,27-29,31,33-35,37,39-42,44-45,47-49,51,53-82H2,1-2H3/b7-5-,8-6-,13-11-,14-12-,19-17-,20-18-,25-23-,26-24-,32-30-,38-36-,46-43-,52-50-. The third kappa shape index (κ3) is 76.2. The number of aliphatic hydroxyl groups is 1. The fourth-order valence-corrected chi connectivity index (χ4v) is 11.0. The Morgan fingerprint density at radius 1 is 0.256 bits per heavy atom. The van der Waals surface area contributed by atoms with E-state index in [1.54, 1.807) is 0 Å². The lowest BCUT2D eigenvalue weighted by molar-refractivity contribution is -0.161. The smallest absolute Gasteiger partial charge is 0.306 e. The summed E-state index contributed by atoms with van der Waals surface area (Å²) in [6, 6.07) is 0. The first kappa shape index (κ1) is 85.8. The van der Waals surface area contributed by atoms with Crippen molar-refractivity contribution in [2.24, 2.45) is 0 Å². The number of allylic oxidation sites excluding steroid dienone is 24. The Hall–Kier alpha value is -4.22. The van der Waals surface area contributed by atoms with Crippen molar-refractivity contribution in [3.63, 3.8) is 0 Å². The van der Waals surface area contributed by atoms with Gasteiger partial charge < -0.3 is 14.6 Å². The van der Waals surface area contributed by atoms with Crippen LogP contribution in [0, 0.1) is 0 Å². The molecule has 0 aromatic carbocycles. The molecule has 0 aliphatic rings. The minimum Gasteiger partial charge on any atom is -0.462 e. The molecule has 0 aromatic heterocycles. The van der Waals surface area contributed by atoms with Crippen molar-refractivity contribution in [1.82, 2.24) is 0 Å². The van der Waals surface area contributed by atoms with Crippen LogP contribution in [-0.2, 0) is 19.1 Å². The fourth-order valence-electron chi connectivity index (χ4n) is 11.0. The van der Waals surface area contributed by atoms with Crippen LogP contribution in [0.25, 0.3) is 0 Å². The van der Waals surface area contributed by atoms with E-state index < -0.39 is 6.10 Å². The summed E-state index contributed by atoms with van der Waals surface area (Å²) in [4.78, 5) is 24.7. The van der Waals surface area contributed by atoms with Crippen molar-refractivity contribution in [3.05, 3.63) is 146 Å². The number of hydrogen-bond acceptors (Lipinski definition) is 5. The van der Waals surface area contributed by atoms with Crippen LogP contribution in [0.4, 0.5) is 0 Å². The zero-order chi connectivity index (χ0) is 64.7. The summed E-state index contributed by atoms with van der Waals surface area (Å²) in [6.45, 7) is 3.94. The SMILES string of the molecule is CC/C=C\C/C=C\C/C=C\C/C=C\C/C=C\C/C=C\C/C=C\C/C=C\CCCCCCCCCCCCCCC(=O)OC(CO)COC(=O)CCCCCCCCCCCCCCCCCCCCCCCCCCCC/C=C\C/C=C\C/C=C\C/C=C\CC. The number of carbonyl (C=O) groups is 2. The van der Waals surface area contributed by atoms with Gasteiger partial charge in [0.1, 0.15) is 6.61 Å². The molecule has 0 aliphatic carbocycles. The summed E-state index contributed by atoms with van der Waals surface area (Å²) in [5, 5.41) is 9.72. The normalized spacial score (nSPS) is 13.1. The maximum absolute atomic E-state index is 12.4. The summed E-state index contributed by atoms with van der Waals surface area (Å²) in [5.74, 6) is -0.583. The number of esters is 2. The molecule has 514 valence electrons. The molecule has 1 N–H and O–H groups in total. The van der Waals surface area contributed by atoms with E-state index in [1.807, 2.05) is 0 Å². The molecular formula is C85H144O5. The molecule has 0 aliphatic heterocycles. The van der Waals surface area contributed by atoms with Crippen molar-refractivity contribution < 1.29 is 24.2 Å². The highest BCUT2D eigenvalue weighted by Crippen LogP contribution is 2.18. The first-order valence-electron chi connectivity index (χ1n) is 38.4. The maximum atomic E-state index is 12.4. The quantitative estimate of drug-likeness (QED) is 0.0373. The zero-order valence-corrected chi connectivity index (χ0v) is 59.1. The Labute approximate surface area is 558 Å². The van der Waals surface area contributed by atoms with Gasteiger partial charge in [0.05, 0.1) is 6.61 Å². The second-order valence-electron chi connectivity index (χ2n) is 25.3. The molecule has 1 unspecified atom stereocenters. The van der Waals surface area contributed by atoms with Crippen molar-refractivity contribution in [1.29, 1.82) is 0 Å². The summed E-state index contributed by atoms with van der Waals surface area (Å²) >= 11 is 0. The molecule has 0 saturated carbocycles. The van der Waals surface area contributed by atoms with Crippen molar-refractivity contribution in [3.8, 4) is 0 Å². The molecule has 0 amide bonds. The van der Waals surface area contributed by atoms with Crippen molar-refractivity contribution >= 4 is 11.9 Å². The van der Waals surface area contributed by atoms with Crippen LogP contribution >= 0.6 is 0 Å². The third-order valence-electron chi connectivity index (χ3n) is 16.6. The Balaban J connectivity index is 3.45. The maximum Gasteiger partial charge on any atom is 0.306 e. The predicted molar refractivity (Wildman–Crippen MR) is 398 cm³/mol. The number of aliphatic hydroxyl groups excluding tert-OH is 1. The number of rotatable bonds is 70. The van der Waals surface area contributed by atoms with E-state index >= 15 is 0 Å². The van der Waals surface area contributed by atoms with Gasteiger partial charge in [0.15, 0.2) is 6.10 Å². The second-order valence-corrected chi connectivity index (χ2v) is 25.3.